The third kappa shape index (κ3) is 2.84. The van der Waals surface area contributed by atoms with Gasteiger partial charge in [-0.1, -0.05) is 13.8 Å². The minimum absolute atomic E-state index is 0.132. The summed E-state index contributed by atoms with van der Waals surface area (Å²) in [4.78, 5) is 16.4. The van der Waals surface area contributed by atoms with Crippen molar-refractivity contribution in [1.82, 2.24) is 9.97 Å². The molecule has 62 valence electrons. The number of carboxylic acids is 1. The lowest BCUT2D eigenvalue weighted by atomic mass is 10.5. The lowest BCUT2D eigenvalue weighted by Gasteiger charge is -1.81. The Morgan fingerprint density at radius 1 is 1.64 bits per heavy atom. The molecule has 1 rings (SSSR count). The van der Waals surface area contributed by atoms with Crippen molar-refractivity contribution in [3.8, 4) is 0 Å². The van der Waals surface area contributed by atoms with Gasteiger partial charge in [0.2, 0.25) is 0 Å². The van der Waals surface area contributed by atoms with E-state index in [1.54, 1.807) is 6.92 Å². The van der Waals surface area contributed by atoms with E-state index in [0.717, 1.165) is 0 Å². The number of nitrogens with one attached hydrogen (secondary N) is 1. The number of imidazole rings is 1. The van der Waals surface area contributed by atoms with Gasteiger partial charge in [0.05, 0.1) is 6.20 Å². The Morgan fingerprint density at radius 3 is 2.36 bits per heavy atom. The lowest BCUT2D eigenvalue weighted by Crippen LogP contribution is -1.95. The molecule has 0 atom stereocenters. The average molecular weight is 156 g/mol. The summed E-state index contributed by atoms with van der Waals surface area (Å²) in [6.45, 7) is 5.70. The van der Waals surface area contributed by atoms with E-state index in [4.69, 9.17) is 5.11 Å². The monoisotopic (exact) mass is 156 g/mol. The highest BCUT2D eigenvalue weighted by atomic mass is 16.4. The molecule has 0 unspecified atom stereocenters. The van der Waals surface area contributed by atoms with Gasteiger partial charge >= 0.3 is 5.97 Å². The summed E-state index contributed by atoms with van der Waals surface area (Å²) in [5.74, 6) is -0.358. The second kappa shape index (κ2) is 4.49. The molecule has 1 aromatic rings. The fraction of sp³-hybridized carbons (Fsp3) is 0.429. The summed E-state index contributed by atoms with van der Waals surface area (Å²) in [5, 5.41) is 8.33. The minimum atomic E-state index is -0.976. The predicted octanol–water partition coefficient (Wildman–Crippen LogP) is 1.44. The van der Waals surface area contributed by atoms with E-state index >= 15 is 0 Å². The van der Waals surface area contributed by atoms with Crippen LogP contribution in [0.3, 0.4) is 0 Å². The number of H-pyrrole nitrogens is 1. The van der Waals surface area contributed by atoms with Crippen molar-refractivity contribution >= 4 is 5.97 Å². The van der Waals surface area contributed by atoms with Crippen LogP contribution in [0.2, 0.25) is 0 Å². The number of nitrogens with zero attached hydrogens (tertiary/aromatic N) is 1. The van der Waals surface area contributed by atoms with Gasteiger partial charge in [0.1, 0.15) is 11.5 Å². The molecule has 0 bridgehead atoms. The van der Waals surface area contributed by atoms with Crippen molar-refractivity contribution < 1.29 is 9.90 Å². The van der Waals surface area contributed by atoms with Crippen LogP contribution in [0.25, 0.3) is 0 Å². The first-order valence-corrected chi connectivity index (χ1v) is 3.45. The van der Waals surface area contributed by atoms with Crippen molar-refractivity contribution in [2.75, 3.05) is 0 Å². The van der Waals surface area contributed by atoms with E-state index in [1.165, 1.54) is 6.20 Å². The standard InChI is InChI=1S/C5H6N2O2.C2H6/c1-3-6-2-4(7-3)5(8)9;1-2/h2H,1H3,(H,6,7)(H,8,9);1-2H3. The van der Waals surface area contributed by atoms with Crippen LogP contribution < -0.4 is 0 Å². The van der Waals surface area contributed by atoms with Crippen LogP contribution in [0.1, 0.15) is 30.2 Å². The Hall–Kier alpha value is -1.32. The zero-order valence-electron chi connectivity index (χ0n) is 6.88. The van der Waals surface area contributed by atoms with E-state index in [0.29, 0.717) is 5.82 Å². The van der Waals surface area contributed by atoms with Gasteiger partial charge in [-0.25, -0.2) is 9.78 Å². The summed E-state index contributed by atoms with van der Waals surface area (Å²) < 4.78 is 0. The first kappa shape index (κ1) is 9.68. The Bertz CT molecular complexity index is 230. The van der Waals surface area contributed by atoms with Gasteiger partial charge in [-0.05, 0) is 6.92 Å². The Labute approximate surface area is 65.3 Å². The molecular weight excluding hydrogens is 144 g/mol. The molecule has 0 saturated carbocycles. The van der Waals surface area contributed by atoms with E-state index in [2.05, 4.69) is 9.97 Å². The van der Waals surface area contributed by atoms with Gasteiger partial charge in [-0.15, -0.1) is 0 Å². The molecule has 2 N–H and O–H groups in total. The second-order valence-electron chi connectivity index (χ2n) is 1.69. The number of aromatic nitrogens is 2. The van der Waals surface area contributed by atoms with Gasteiger partial charge in [0.15, 0.2) is 0 Å². The Kier molecular flexibility index (Phi) is 3.95. The zero-order valence-corrected chi connectivity index (χ0v) is 6.88. The first-order chi connectivity index (χ1) is 5.20. The largest absolute Gasteiger partial charge is 0.477 e. The molecule has 0 spiro atoms. The highest BCUT2D eigenvalue weighted by Gasteiger charge is 2.02. The summed E-state index contributed by atoms with van der Waals surface area (Å²) in [6, 6.07) is 0. The molecule has 0 fully saturated rings. The Balaban J connectivity index is 0.000000461. The van der Waals surface area contributed by atoms with Crippen molar-refractivity contribution in [1.29, 1.82) is 0 Å². The van der Waals surface area contributed by atoms with Crippen molar-refractivity contribution in [2.24, 2.45) is 0 Å². The van der Waals surface area contributed by atoms with Crippen LogP contribution in [0.5, 0.6) is 0 Å². The molecule has 11 heavy (non-hydrogen) atoms. The van der Waals surface area contributed by atoms with Crippen LogP contribution in [0, 0.1) is 6.92 Å². The zero-order chi connectivity index (χ0) is 8.85. The SMILES string of the molecule is CC.Cc1ncc(C(=O)O)[nH]1. The molecule has 0 aliphatic rings. The maximum atomic E-state index is 10.1. The number of aryl methyl sites for hydroxylation is 1. The van der Waals surface area contributed by atoms with Crippen molar-refractivity contribution in [2.45, 2.75) is 20.8 Å². The molecule has 0 aliphatic heterocycles. The highest BCUT2D eigenvalue weighted by molar-refractivity contribution is 5.84. The van der Waals surface area contributed by atoms with Gasteiger partial charge in [0, 0.05) is 0 Å². The second-order valence-corrected chi connectivity index (χ2v) is 1.69. The number of hydrogen-bond acceptors (Lipinski definition) is 2. The molecule has 0 amide bonds. The smallest absolute Gasteiger partial charge is 0.353 e. The molecule has 4 heteroatoms. The fourth-order valence-corrected chi connectivity index (χ4v) is 0.530. The molecule has 4 nitrogen and oxygen atoms in total. The summed E-state index contributed by atoms with van der Waals surface area (Å²) in [6.07, 6.45) is 1.29. The minimum Gasteiger partial charge on any atom is -0.477 e. The van der Waals surface area contributed by atoms with Gasteiger partial charge in [0.25, 0.3) is 0 Å². The van der Waals surface area contributed by atoms with Crippen LogP contribution in [-0.2, 0) is 0 Å². The Morgan fingerprint density at radius 2 is 2.18 bits per heavy atom. The number of carbonyl (C=O) groups is 1. The predicted molar refractivity (Wildman–Crippen MR) is 41.6 cm³/mol. The number of hydrogen-bond donors (Lipinski definition) is 2. The van der Waals surface area contributed by atoms with E-state index in [-0.39, 0.29) is 5.69 Å². The van der Waals surface area contributed by atoms with Crippen LogP contribution in [0.4, 0.5) is 0 Å². The molecule has 0 radical (unpaired) electrons. The van der Waals surface area contributed by atoms with E-state index < -0.39 is 5.97 Å². The number of carboxylic acid groups (broad SMARTS) is 1. The normalized spacial score (nSPS) is 8.27. The first-order valence-electron chi connectivity index (χ1n) is 3.45. The molecule has 1 aromatic heterocycles. The van der Waals surface area contributed by atoms with E-state index in [9.17, 15) is 4.79 Å². The summed E-state index contributed by atoms with van der Waals surface area (Å²) >= 11 is 0. The third-order valence-electron chi connectivity index (χ3n) is 0.933. The van der Waals surface area contributed by atoms with Crippen molar-refractivity contribution in [3.63, 3.8) is 0 Å². The third-order valence-corrected chi connectivity index (χ3v) is 0.933. The molecule has 0 saturated heterocycles. The molecular formula is C7H12N2O2. The quantitative estimate of drug-likeness (QED) is 0.646. The molecule has 0 aliphatic carbocycles. The fourth-order valence-electron chi connectivity index (χ4n) is 0.530. The molecule has 1 heterocycles. The average Bonchev–Trinajstić information content (AvgIpc) is 2.40. The van der Waals surface area contributed by atoms with Crippen molar-refractivity contribution in [3.05, 3.63) is 17.7 Å². The van der Waals surface area contributed by atoms with Gasteiger partial charge in [-0.3, -0.25) is 0 Å². The summed E-state index contributed by atoms with van der Waals surface area (Å²) in [5.41, 5.74) is 0.132. The van der Waals surface area contributed by atoms with Crippen LogP contribution in [-0.4, -0.2) is 21.0 Å². The lowest BCUT2D eigenvalue weighted by molar-refractivity contribution is 0.0691. The van der Waals surface area contributed by atoms with Gasteiger partial charge in [-0.2, -0.15) is 0 Å². The van der Waals surface area contributed by atoms with E-state index in [1.807, 2.05) is 13.8 Å². The molecule has 0 aromatic carbocycles. The number of aromatic carboxylic acids is 1. The summed E-state index contributed by atoms with van der Waals surface area (Å²) in [7, 11) is 0. The topological polar surface area (TPSA) is 66.0 Å². The van der Waals surface area contributed by atoms with Gasteiger partial charge < -0.3 is 10.1 Å². The maximum absolute atomic E-state index is 10.1. The van der Waals surface area contributed by atoms with Crippen LogP contribution >= 0.6 is 0 Å². The number of aromatic amines is 1. The maximum Gasteiger partial charge on any atom is 0.353 e. The number of rotatable bonds is 1. The van der Waals surface area contributed by atoms with Crippen LogP contribution in [0.15, 0.2) is 6.20 Å². The highest BCUT2D eigenvalue weighted by Crippen LogP contribution is 1.93.